The molecule has 0 unspecified atom stereocenters. The van der Waals surface area contributed by atoms with Crippen LogP contribution in [0.1, 0.15) is 5.56 Å². The molecule has 2 heterocycles. The van der Waals surface area contributed by atoms with Crippen LogP contribution in [-0.4, -0.2) is 5.16 Å². The van der Waals surface area contributed by atoms with Crippen molar-refractivity contribution in [3.05, 3.63) is 44.7 Å². The first-order valence-electron chi connectivity index (χ1n) is 5.84. The van der Waals surface area contributed by atoms with Gasteiger partial charge in [-0.15, -0.1) is 11.3 Å². The van der Waals surface area contributed by atoms with Gasteiger partial charge in [0.05, 0.1) is 14.2 Å². The molecule has 3 aromatic rings. The van der Waals surface area contributed by atoms with Crippen LogP contribution in [0.4, 0.5) is 5.82 Å². The summed E-state index contributed by atoms with van der Waals surface area (Å²) in [6.07, 6.45) is 0. The lowest BCUT2D eigenvalue weighted by molar-refractivity contribution is 0.437. The minimum absolute atomic E-state index is 0.343. The summed E-state index contributed by atoms with van der Waals surface area (Å²) in [5, 5.41) is 4.51. The molecule has 3 nitrogen and oxygen atoms in total. The summed E-state index contributed by atoms with van der Waals surface area (Å²) in [6, 6.07) is 9.55. The third kappa shape index (κ3) is 2.26. The molecular weight excluding hydrogens is 360 g/mol. The fourth-order valence-electron chi connectivity index (χ4n) is 1.97. The number of anilines is 1. The topological polar surface area (TPSA) is 52.0 Å². The molecule has 2 aromatic heterocycles. The zero-order valence-corrected chi connectivity index (χ0v) is 13.6. The van der Waals surface area contributed by atoms with Gasteiger partial charge in [0.25, 0.3) is 0 Å². The fraction of sp³-hybridized carbons (Fsp3) is 0.0714. The van der Waals surface area contributed by atoms with Gasteiger partial charge in [-0.3, -0.25) is 0 Å². The number of nitrogen functional groups attached to an aromatic ring is 1. The average Bonchev–Trinajstić information content (AvgIpc) is 2.94. The summed E-state index contributed by atoms with van der Waals surface area (Å²) in [5.74, 6) is 0.990. The van der Waals surface area contributed by atoms with E-state index < -0.39 is 0 Å². The van der Waals surface area contributed by atoms with E-state index in [2.05, 4.69) is 21.1 Å². The van der Waals surface area contributed by atoms with Gasteiger partial charge < -0.3 is 10.3 Å². The third-order valence-corrected chi connectivity index (χ3v) is 5.41. The number of hydrogen-bond acceptors (Lipinski definition) is 4. The molecule has 0 aliphatic rings. The second-order valence-corrected chi connectivity index (χ2v) is 7.10. The Labute approximate surface area is 133 Å². The fourth-order valence-corrected chi connectivity index (χ4v) is 3.72. The van der Waals surface area contributed by atoms with Crippen molar-refractivity contribution in [3.8, 4) is 21.8 Å². The molecule has 3 rings (SSSR count). The largest absolute Gasteiger partial charge is 0.380 e. The van der Waals surface area contributed by atoms with E-state index in [4.69, 9.17) is 21.9 Å². The van der Waals surface area contributed by atoms with Crippen LogP contribution in [-0.2, 0) is 0 Å². The highest BCUT2D eigenvalue weighted by Gasteiger charge is 2.21. The maximum atomic E-state index is 6.25. The number of nitrogens with two attached hydrogens (primary N) is 1. The number of hydrogen-bond donors (Lipinski definition) is 1. The molecule has 0 saturated carbocycles. The molecule has 0 spiro atoms. The van der Waals surface area contributed by atoms with Gasteiger partial charge in [0.2, 0.25) is 0 Å². The quantitative estimate of drug-likeness (QED) is 0.660. The zero-order valence-electron chi connectivity index (χ0n) is 10.5. The van der Waals surface area contributed by atoms with Gasteiger partial charge in [0, 0.05) is 10.6 Å². The van der Waals surface area contributed by atoms with Crippen molar-refractivity contribution in [1.29, 1.82) is 0 Å². The number of aromatic nitrogens is 1. The summed E-state index contributed by atoms with van der Waals surface area (Å²) in [7, 11) is 0. The smallest absolute Gasteiger partial charge is 0.186 e. The Kier molecular flexibility index (Phi) is 3.58. The number of nitrogens with zero attached hydrogens (tertiary/aromatic N) is 1. The van der Waals surface area contributed by atoms with Crippen LogP contribution >= 0.6 is 38.9 Å². The molecule has 2 N–H and O–H groups in total. The minimum Gasteiger partial charge on any atom is -0.380 e. The lowest BCUT2D eigenvalue weighted by Crippen LogP contribution is -1.89. The van der Waals surface area contributed by atoms with Crippen molar-refractivity contribution >= 4 is 44.7 Å². The van der Waals surface area contributed by atoms with Crippen molar-refractivity contribution in [1.82, 2.24) is 5.16 Å². The standard InChI is InChI=1S/C14H10BrClN2OS/c1-7-6-10(20-13(7)15)12-11(14(17)18-19-12)8-4-2-3-5-9(8)16/h2-6H,1H3,(H2,17,18). The Hall–Kier alpha value is -1.30. The van der Waals surface area contributed by atoms with Gasteiger partial charge in [-0.2, -0.15) is 0 Å². The molecule has 1 aromatic carbocycles. The highest BCUT2D eigenvalue weighted by atomic mass is 79.9. The molecule has 0 bridgehead atoms. The minimum atomic E-state index is 0.343. The van der Waals surface area contributed by atoms with E-state index in [1.165, 1.54) is 0 Å². The summed E-state index contributed by atoms with van der Waals surface area (Å²) < 4.78 is 6.48. The Morgan fingerprint density at radius 1 is 1.35 bits per heavy atom. The monoisotopic (exact) mass is 368 g/mol. The van der Waals surface area contributed by atoms with Gasteiger partial charge in [-0.05, 0) is 40.5 Å². The molecule has 0 aliphatic carbocycles. The highest BCUT2D eigenvalue weighted by molar-refractivity contribution is 9.11. The van der Waals surface area contributed by atoms with Gasteiger partial charge in [0.15, 0.2) is 11.6 Å². The molecule has 0 amide bonds. The van der Waals surface area contributed by atoms with E-state index in [0.717, 1.165) is 25.4 Å². The lowest BCUT2D eigenvalue weighted by Gasteiger charge is -2.03. The van der Waals surface area contributed by atoms with Crippen LogP contribution in [0.2, 0.25) is 5.02 Å². The molecule has 0 fully saturated rings. The third-order valence-electron chi connectivity index (χ3n) is 2.94. The maximum absolute atomic E-state index is 6.25. The maximum Gasteiger partial charge on any atom is 0.186 e. The molecular formula is C14H10BrClN2OS. The summed E-state index contributed by atoms with van der Waals surface area (Å²) in [5.41, 5.74) is 8.66. The molecule has 0 atom stereocenters. The van der Waals surface area contributed by atoms with Crippen molar-refractivity contribution in [2.24, 2.45) is 0 Å². The molecule has 0 radical (unpaired) electrons. The van der Waals surface area contributed by atoms with E-state index in [1.54, 1.807) is 11.3 Å². The number of benzene rings is 1. The van der Waals surface area contributed by atoms with Gasteiger partial charge in [-0.25, -0.2) is 0 Å². The predicted octanol–water partition coefficient (Wildman–Crippen LogP) is 5.38. The molecule has 20 heavy (non-hydrogen) atoms. The SMILES string of the molecule is Cc1cc(-c2onc(N)c2-c2ccccc2Cl)sc1Br. The van der Waals surface area contributed by atoms with E-state index >= 15 is 0 Å². The number of halogens is 2. The number of rotatable bonds is 2. The summed E-state index contributed by atoms with van der Waals surface area (Å²) in [6.45, 7) is 2.03. The second-order valence-electron chi connectivity index (χ2n) is 4.32. The van der Waals surface area contributed by atoms with Gasteiger partial charge >= 0.3 is 0 Å². The van der Waals surface area contributed by atoms with Crippen LogP contribution in [0.25, 0.3) is 21.8 Å². The average molecular weight is 370 g/mol. The van der Waals surface area contributed by atoms with Crippen LogP contribution in [0.3, 0.4) is 0 Å². The molecule has 6 heteroatoms. The van der Waals surface area contributed by atoms with E-state index in [0.29, 0.717) is 16.6 Å². The Morgan fingerprint density at radius 2 is 2.10 bits per heavy atom. The zero-order chi connectivity index (χ0) is 14.3. The Balaban J connectivity index is 2.23. The molecule has 102 valence electrons. The molecule has 0 saturated heterocycles. The number of aryl methyl sites for hydroxylation is 1. The summed E-state index contributed by atoms with van der Waals surface area (Å²) in [4.78, 5) is 0.966. The lowest BCUT2D eigenvalue weighted by atomic mass is 10.0. The van der Waals surface area contributed by atoms with Crippen molar-refractivity contribution in [2.75, 3.05) is 5.73 Å². The van der Waals surface area contributed by atoms with Crippen molar-refractivity contribution in [3.63, 3.8) is 0 Å². The first-order valence-corrected chi connectivity index (χ1v) is 7.83. The van der Waals surface area contributed by atoms with Crippen molar-refractivity contribution < 1.29 is 4.52 Å². The van der Waals surface area contributed by atoms with E-state index in [-0.39, 0.29) is 0 Å². The number of thiophene rings is 1. The first kappa shape index (κ1) is 13.7. The van der Waals surface area contributed by atoms with E-state index in [1.807, 2.05) is 37.3 Å². The molecule has 0 aliphatic heterocycles. The van der Waals surface area contributed by atoms with Gasteiger partial charge in [-0.1, -0.05) is 35.0 Å². The van der Waals surface area contributed by atoms with E-state index in [9.17, 15) is 0 Å². The second kappa shape index (κ2) is 5.24. The summed E-state index contributed by atoms with van der Waals surface area (Å²) >= 11 is 11.3. The van der Waals surface area contributed by atoms with Crippen LogP contribution in [0, 0.1) is 6.92 Å². The van der Waals surface area contributed by atoms with Crippen LogP contribution < -0.4 is 5.73 Å². The highest BCUT2D eigenvalue weighted by Crippen LogP contribution is 2.43. The Morgan fingerprint density at radius 3 is 2.75 bits per heavy atom. The van der Waals surface area contributed by atoms with Crippen LogP contribution in [0.5, 0.6) is 0 Å². The Bertz CT molecular complexity index is 762. The predicted molar refractivity (Wildman–Crippen MR) is 87.1 cm³/mol. The van der Waals surface area contributed by atoms with Crippen molar-refractivity contribution in [2.45, 2.75) is 6.92 Å². The first-order chi connectivity index (χ1) is 9.58. The van der Waals surface area contributed by atoms with Crippen LogP contribution in [0.15, 0.2) is 38.6 Å². The van der Waals surface area contributed by atoms with Gasteiger partial charge in [0.1, 0.15) is 0 Å². The normalized spacial score (nSPS) is 10.9.